The molecule has 0 unspecified atom stereocenters. The molecule has 0 aliphatic heterocycles. The number of hydrogen-bond donors (Lipinski definition) is 1. The third kappa shape index (κ3) is 2.12. The van der Waals surface area contributed by atoms with Gasteiger partial charge in [-0.05, 0) is 30.9 Å². The Morgan fingerprint density at radius 3 is 2.74 bits per heavy atom. The van der Waals surface area contributed by atoms with Gasteiger partial charge < -0.3 is 9.72 Å². The van der Waals surface area contributed by atoms with Crippen LogP contribution in [0.1, 0.15) is 37.3 Å². The molecule has 1 aromatic carbocycles. The van der Waals surface area contributed by atoms with Crippen LogP contribution < -0.4 is 10.2 Å². The van der Waals surface area contributed by atoms with E-state index >= 15 is 0 Å². The van der Waals surface area contributed by atoms with Gasteiger partial charge in [-0.2, -0.15) is 0 Å². The van der Waals surface area contributed by atoms with Gasteiger partial charge in [-0.15, -0.1) is 0 Å². The van der Waals surface area contributed by atoms with Crippen LogP contribution in [0.25, 0.3) is 10.9 Å². The first kappa shape index (κ1) is 12.5. The van der Waals surface area contributed by atoms with Crippen molar-refractivity contribution in [3.05, 3.63) is 39.1 Å². The van der Waals surface area contributed by atoms with E-state index in [1.165, 1.54) is 12.8 Å². The van der Waals surface area contributed by atoms with E-state index in [0.717, 1.165) is 18.5 Å². The molecule has 0 atom stereocenters. The quantitative estimate of drug-likeness (QED) is 0.906. The first-order chi connectivity index (χ1) is 9.20. The van der Waals surface area contributed by atoms with Crippen molar-refractivity contribution in [3.8, 4) is 5.75 Å². The molecule has 1 N–H and O–H groups in total. The van der Waals surface area contributed by atoms with Crippen LogP contribution in [0.4, 0.5) is 0 Å². The number of methoxy groups -OCH3 is 1. The fourth-order valence-corrected chi connectivity index (χ4v) is 3.15. The SMILES string of the molecule is COc1ccc(Cl)c2[nH]c(C3CCCC3)cc(=O)c12. The maximum atomic E-state index is 12.3. The van der Waals surface area contributed by atoms with Gasteiger partial charge in [0.25, 0.3) is 0 Å². The van der Waals surface area contributed by atoms with E-state index in [2.05, 4.69) is 4.98 Å². The van der Waals surface area contributed by atoms with Gasteiger partial charge in [-0.1, -0.05) is 24.4 Å². The summed E-state index contributed by atoms with van der Waals surface area (Å²) in [6.07, 6.45) is 4.75. The summed E-state index contributed by atoms with van der Waals surface area (Å²) >= 11 is 6.21. The van der Waals surface area contributed by atoms with Gasteiger partial charge in [-0.3, -0.25) is 4.79 Å². The smallest absolute Gasteiger partial charge is 0.193 e. The Morgan fingerprint density at radius 2 is 2.05 bits per heavy atom. The summed E-state index contributed by atoms with van der Waals surface area (Å²) in [5.74, 6) is 1.03. The molecule has 0 amide bonds. The van der Waals surface area contributed by atoms with Gasteiger partial charge in [0.15, 0.2) is 5.43 Å². The highest BCUT2D eigenvalue weighted by Gasteiger charge is 2.20. The van der Waals surface area contributed by atoms with Gasteiger partial charge >= 0.3 is 0 Å². The fraction of sp³-hybridized carbons (Fsp3) is 0.400. The molecule has 1 saturated carbocycles. The zero-order valence-electron chi connectivity index (χ0n) is 10.8. The predicted octanol–water partition coefficient (Wildman–Crippen LogP) is 3.85. The van der Waals surface area contributed by atoms with Crippen LogP contribution >= 0.6 is 11.6 Å². The Morgan fingerprint density at radius 1 is 1.32 bits per heavy atom. The molecule has 1 heterocycles. The Balaban J connectivity index is 2.25. The van der Waals surface area contributed by atoms with Crippen molar-refractivity contribution < 1.29 is 4.74 Å². The Bertz CT molecular complexity index is 672. The standard InChI is InChI=1S/C15H16ClNO2/c1-19-13-7-6-10(16)15-14(13)12(18)8-11(17-15)9-4-2-3-5-9/h6-9H,2-5H2,1H3,(H,17,18). The van der Waals surface area contributed by atoms with Crippen LogP contribution in [0, 0.1) is 0 Å². The molecule has 0 saturated heterocycles. The number of aromatic amines is 1. The second-order valence-corrected chi connectivity index (χ2v) is 5.48. The molecule has 0 spiro atoms. The predicted molar refractivity (Wildman–Crippen MR) is 77.3 cm³/mol. The van der Waals surface area contributed by atoms with E-state index in [0.29, 0.717) is 27.6 Å². The van der Waals surface area contributed by atoms with Crippen molar-refractivity contribution in [2.75, 3.05) is 7.11 Å². The molecule has 4 heteroatoms. The number of ether oxygens (including phenoxy) is 1. The molecule has 1 aromatic heterocycles. The molecule has 3 nitrogen and oxygen atoms in total. The zero-order valence-corrected chi connectivity index (χ0v) is 11.6. The van der Waals surface area contributed by atoms with E-state index in [9.17, 15) is 4.79 Å². The topological polar surface area (TPSA) is 42.1 Å². The lowest BCUT2D eigenvalue weighted by molar-refractivity contribution is 0.419. The minimum atomic E-state index is -0.0185. The Hall–Kier alpha value is -1.48. The highest BCUT2D eigenvalue weighted by atomic mass is 35.5. The van der Waals surface area contributed by atoms with E-state index < -0.39 is 0 Å². The number of hydrogen-bond acceptors (Lipinski definition) is 2. The summed E-state index contributed by atoms with van der Waals surface area (Å²) in [7, 11) is 1.56. The van der Waals surface area contributed by atoms with Crippen LogP contribution in [0.3, 0.4) is 0 Å². The molecule has 1 aliphatic rings. The number of aromatic nitrogens is 1. The Kier molecular flexibility index (Phi) is 3.23. The summed E-state index contributed by atoms with van der Waals surface area (Å²) in [5, 5.41) is 1.10. The number of rotatable bonds is 2. The highest BCUT2D eigenvalue weighted by Crippen LogP contribution is 2.35. The van der Waals surface area contributed by atoms with Crippen molar-refractivity contribution in [2.24, 2.45) is 0 Å². The van der Waals surface area contributed by atoms with E-state index in [1.807, 2.05) is 0 Å². The molecule has 0 bridgehead atoms. The minimum absolute atomic E-state index is 0.0185. The first-order valence-corrected chi connectivity index (χ1v) is 6.98. The zero-order chi connectivity index (χ0) is 13.4. The number of nitrogens with one attached hydrogen (secondary N) is 1. The lowest BCUT2D eigenvalue weighted by Crippen LogP contribution is -2.09. The summed E-state index contributed by atoms with van der Waals surface area (Å²) in [5.41, 5.74) is 1.68. The van der Waals surface area contributed by atoms with Crippen molar-refractivity contribution in [1.82, 2.24) is 4.98 Å². The van der Waals surface area contributed by atoms with Crippen LogP contribution in [0.15, 0.2) is 23.0 Å². The van der Waals surface area contributed by atoms with Crippen molar-refractivity contribution in [1.29, 1.82) is 0 Å². The largest absolute Gasteiger partial charge is 0.496 e. The molecule has 19 heavy (non-hydrogen) atoms. The third-order valence-electron chi connectivity index (χ3n) is 3.93. The summed E-state index contributed by atoms with van der Waals surface area (Å²) in [4.78, 5) is 15.7. The monoisotopic (exact) mass is 277 g/mol. The number of halogens is 1. The second-order valence-electron chi connectivity index (χ2n) is 5.07. The number of H-pyrrole nitrogens is 1. The fourth-order valence-electron chi connectivity index (χ4n) is 2.95. The minimum Gasteiger partial charge on any atom is -0.496 e. The lowest BCUT2D eigenvalue weighted by Gasteiger charge is -2.13. The van der Waals surface area contributed by atoms with Crippen molar-refractivity contribution in [2.45, 2.75) is 31.6 Å². The maximum absolute atomic E-state index is 12.3. The molecule has 100 valence electrons. The number of pyridine rings is 1. The molecule has 0 radical (unpaired) electrons. The van der Waals surface area contributed by atoms with Gasteiger partial charge in [0, 0.05) is 11.8 Å². The molecular formula is C15H16ClNO2. The maximum Gasteiger partial charge on any atom is 0.193 e. The molecular weight excluding hydrogens is 262 g/mol. The first-order valence-electron chi connectivity index (χ1n) is 6.60. The Labute approximate surface area is 116 Å². The number of benzene rings is 1. The van der Waals surface area contributed by atoms with Gasteiger partial charge in [0.2, 0.25) is 0 Å². The van der Waals surface area contributed by atoms with E-state index in [1.54, 1.807) is 25.3 Å². The molecule has 1 fully saturated rings. The van der Waals surface area contributed by atoms with Crippen molar-refractivity contribution in [3.63, 3.8) is 0 Å². The van der Waals surface area contributed by atoms with Gasteiger partial charge in [0.05, 0.1) is 23.0 Å². The molecule has 3 rings (SSSR count). The summed E-state index contributed by atoms with van der Waals surface area (Å²) in [6, 6.07) is 5.20. The average Bonchev–Trinajstić information content (AvgIpc) is 2.93. The summed E-state index contributed by atoms with van der Waals surface area (Å²) in [6.45, 7) is 0. The van der Waals surface area contributed by atoms with Gasteiger partial charge in [0.1, 0.15) is 5.75 Å². The van der Waals surface area contributed by atoms with Crippen LogP contribution in [0.5, 0.6) is 5.75 Å². The normalized spacial score (nSPS) is 16.1. The number of fused-ring (bicyclic) bond motifs is 1. The van der Waals surface area contributed by atoms with Crippen LogP contribution in [-0.2, 0) is 0 Å². The van der Waals surface area contributed by atoms with Crippen LogP contribution in [-0.4, -0.2) is 12.1 Å². The van der Waals surface area contributed by atoms with Gasteiger partial charge in [-0.25, -0.2) is 0 Å². The van der Waals surface area contributed by atoms with Crippen molar-refractivity contribution >= 4 is 22.5 Å². The van der Waals surface area contributed by atoms with E-state index in [4.69, 9.17) is 16.3 Å². The molecule has 1 aliphatic carbocycles. The molecule has 2 aromatic rings. The van der Waals surface area contributed by atoms with Crippen LogP contribution in [0.2, 0.25) is 5.02 Å². The average molecular weight is 278 g/mol. The lowest BCUT2D eigenvalue weighted by atomic mass is 10.0. The third-order valence-corrected chi connectivity index (χ3v) is 4.25. The van der Waals surface area contributed by atoms with E-state index in [-0.39, 0.29) is 5.43 Å². The highest BCUT2D eigenvalue weighted by molar-refractivity contribution is 6.35. The second kappa shape index (κ2) is 4.89. The summed E-state index contributed by atoms with van der Waals surface area (Å²) < 4.78 is 5.25.